The smallest absolute Gasteiger partial charge is 0.342 e. The molecule has 0 aromatic carbocycles. The lowest BCUT2D eigenvalue weighted by Crippen LogP contribution is -1.97. The Kier molecular flexibility index (Phi) is 2.09. The van der Waals surface area contributed by atoms with Crippen molar-refractivity contribution < 1.29 is 9.66 Å². The van der Waals surface area contributed by atoms with Crippen LogP contribution in [0.1, 0.15) is 0 Å². The normalized spacial score (nSPS) is 22.5. The van der Waals surface area contributed by atoms with Crippen LogP contribution in [0.5, 0.6) is 0 Å². The molecule has 5 heteroatoms. The van der Waals surface area contributed by atoms with Crippen molar-refractivity contribution in [3.63, 3.8) is 0 Å². The molecule has 4 nitrogen and oxygen atoms in total. The SMILES string of the molecule is C=S1C=CC(OC)=C1[N+](=O)[O-]. The molecule has 0 aliphatic carbocycles. The largest absolute Gasteiger partial charge is 0.490 e. The molecule has 0 fully saturated rings. The van der Waals surface area contributed by atoms with Gasteiger partial charge in [-0.1, -0.05) is 16.4 Å². The summed E-state index contributed by atoms with van der Waals surface area (Å²) in [5.74, 6) is 3.91. The molecule has 1 aliphatic heterocycles. The van der Waals surface area contributed by atoms with E-state index in [-0.39, 0.29) is 5.03 Å². The van der Waals surface area contributed by atoms with Crippen LogP contribution in [0.2, 0.25) is 0 Å². The Morgan fingerprint density at radius 1 is 1.82 bits per heavy atom. The Labute approximate surface area is 66.2 Å². The van der Waals surface area contributed by atoms with Crippen LogP contribution in [0.25, 0.3) is 0 Å². The van der Waals surface area contributed by atoms with E-state index < -0.39 is 15.4 Å². The third-order valence-corrected chi connectivity index (χ3v) is 2.54. The van der Waals surface area contributed by atoms with E-state index in [0.29, 0.717) is 5.76 Å². The van der Waals surface area contributed by atoms with Crippen molar-refractivity contribution in [2.45, 2.75) is 0 Å². The van der Waals surface area contributed by atoms with Gasteiger partial charge >= 0.3 is 5.03 Å². The molecule has 60 valence electrons. The van der Waals surface area contributed by atoms with Crippen molar-refractivity contribution in [1.29, 1.82) is 0 Å². The number of hydrogen-bond acceptors (Lipinski definition) is 3. The standard InChI is InChI=1S/C6H7NO3S/c1-10-5-3-4-11(2)6(5)7(8)9/h3-4H,2H2,1H3. The number of allylic oxidation sites excluding steroid dienone is 1. The highest BCUT2D eigenvalue weighted by Gasteiger charge is 2.23. The third-order valence-electron chi connectivity index (χ3n) is 1.23. The van der Waals surface area contributed by atoms with Crippen LogP contribution in [0.15, 0.2) is 22.3 Å². The molecule has 0 radical (unpaired) electrons. The van der Waals surface area contributed by atoms with E-state index >= 15 is 0 Å². The van der Waals surface area contributed by atoms with E-state index in [2.05, 4.69) is 5.87 Å². The van der Waals surface area contributed by atoms with Gasteiger partial charge < -0.3 is 4.74 Å². The van der Waals surface area contributed by atoms with Gasteiger partial charge in [-0.2, -0.15) is 0 Å². The molecular weight excluding hydrogens is 166 g/mol. The van der Waals surface area contributed by atoms with Gasteiger partial charge in [-0.15, -0.1) is 0 Å². The topological polar surface area (TPSA) is 52.4 Å². The summed E-state index contributed by atoms with van der Waals surface area (Å²) in [7, 11) is 0.763. The van der Waals surface area contributed by atoms with Gasteiger partial charge in [-0.25, -0.2) is 0 Å². The number of hydrogen-bond donors (Lipinski definition) is 0. The molecular formula is C6H7NO3S. The summed E-state index contributed by atoms with van der Waals surface area (Å²) in [6, 6.07) is 0. The molecule has 0 saturated carbocycles. The van der Waals surface area contributed by atoms with Crippen molar-refractivity contribution in [3.05, 3.63) is 32.4 Å². The number of nitro groups is 1. The highest BCUT2D eigenvalue weighted by molar-refractivity contribution is 8.20. The van der Waals surface area contributed by atoms with E-state index in [1.54, 1.807) is 11.5 Å². The Balaban J connectivity index is 3.07. The second-order valence-corrected chi connectivity index (χ2v) is 3.38. The zero-order chi connectivity index (χ0) is 8.43. The van der Waals surface area contributed by atoms with Gasteiger partial charge in [-0.05, 0) is 11.5 Å². The quantitative estimate of drug-likeness (QED) is 0.359. The molecule has 1 rings (SSSR count). The first-order chi connectivity index (χ1) is 5.16. The molecule has 0 N–H and O–H groups in total. The number of methoxy groups -OCH3 is 1. The number of rotatable bonds is 2. The van der Waals surface area contributed by atoms with Crippen LogP contribution < -0.4 is 0 Å². The molecule has 11 heavy (non-hydrogen) atoms. The lowest BCUT2D eigenvalue weighted by Gasteiger charge is -1.96. The van der Waals surface area contributed by atoms with Gasteiger partial charge in [0.05, 0.1) is 12.0 Å². The minimum absolute atomic E-state index is 0.0625. The molecule has 0 bridgehead atoms. The summed E-state index contributed by atoms with van der Waals surface area (Å²) in [5, 5.41) is 12.1. The Morgan fingerprint density at radius 2 is 2.45 bits per heavy atom. The third kappa shape index (κ3) is 1.32. The average molecular weight is 173 g/mol. The predicted octanol–water partition coefficient (Wildman–Crippen LogP) is 1.31. The molecule has 1 aliphatic rings. The molecule has 0 aromatic heterocycles. The first-order valence-corrected chi connectivity index (χ1v) is 4.26. The fourth-order valence-electron chi connectivity index (χ4n) is 0.750. The minimum atomic E-state index is -0.646. The minimum Gasteiger partial charge on any atom is -0.490 e. The van der Waals surface area contributed by atoms with E-state index in [9.17, 15) is 10.1 Å². The average Bonchev–Trinajstić information content (AvgIpc) is 2.30. The van der Waals surface area contributed by atoms with Gasteiger partial charge in [0.2, 0.25) is 5.76 Å². The van der Waals surface area contributed by atoms with Crippen LogP contribution >= 0.6 is 10.5 Å². The Hall–Kier alpha value is -1.10. The van der Waals surface area contributed by atoms with Crippen LogP contribution in [-0.2, 0) is 4.74 Å². The first kappa shape index (κ1) is 8.00. The summed E-state index contributed by atoms with van der Waals surface area (Å²) in [5.41, 5.74) is 0. The summed E-state index contributed by atoms with van der Waals surface area (Å²) in [6.07, 6.45) is 1.58. The Bertz CT molecular complexity index is 280. The highest BCUT2D eigenvalue weighted by Crippen LogP contribution is 2.34. The van der Waals surface area contributed by atoms with Gasteiger partial charge in [0.1, 0.15) is 0 Å². The highest BCUT2D eigenvalue weighted by atomic mass is 32.2. The zero-order valence-corrected chi connectivity index (χ0v) is 6.76. The second kappa shape index (κ2) is 2.87. The van der Waals surface area contributed by atoms with Crippen molar-refractivity contribution >= 4 is 16.4 Å². The maximum atomic E-state index is 10.4. The maximum absolute atomic E-state index is 10.4. The predicted molar refractivity (Wildman–Crippen MR) is 44.9 cm³/mol. The van der Waals surface area contributed by atoms with Gasteiger partial charge in [0, 0.05) is 0 Å². The first-order valence-electron chi connectivity index (χ1n) is 2.80. The molecule has 1 heterocycles. The lowest BCUT2D eigenvalue weighted by atomic mass is 10.5. The van der Waals surface area contributed by atoms with Crippen molar-refractivity contribution in [2.24, 2.45) is 0 Å². The van der Waals surface area contributed by atoms with E-state index in [1.165, 1.54) is 7.11 Å². The van der Waals surface area contributed by atoms with Gasteiger partial charge in [0.25, 0.3) is 0 Å². The fourth-order valence-corrected chi connectivity index (χ4v) is 1.77. The molecule has 0 aromatic rings. The summed E-state index contributed by atoms with van der Waals surface area (Å²) in [6.45, 7) is 0. The van der Waals surface area contributed by atoms with Gasteiger partial charge in [-0.3, -0.25) is 10.1 Å². The van der Waals surface area contributed by atoms with Crippen LogP contribution in [0, 0.1) is 10.1 Å². The zero-order valence-electron chi connectivity index (χ0n) is 5.94. The maximum Gasteiger partial charge on any atom is 0.342 e. The van der Waals surface area contributed by atoms with Crippen molar-refractivity contribution in [2.75, 3.05) is 7.11 Å². The molecule has 0 amide bonds. The van der Waals surface area contributed by atoms with E-state index in [1.807, 2.05) is 0 Å². The molecule has 1 atom stereocenters. The van der Waals surface area contributed by atoms with Crippen LogP contribution in [0.3, 0.4) is 0 Å². The number of ether oxygens (including phenoxy) is 1. The van der Waals surface area contributed by atoms with Gasteiger partial charge in [0.15, 0.2) is 0 Å². The second-order valence-electron chi connectivity index (χ2n) is 1.86. The van der Waals surface area contributed by atoms with Crippen molar-refractivity contribution in [1.82, 2.24) is 0 Å². The Morgan fingerprint density at radius 3 is 2.82 bits per heavy atom. The molecule has 1 unspecified atom stereocenters. The molecule has 0 saturated heterocycles. The summed E-state index contributed by atoms with van der Waals surface area (Å²) < 4.78 is 4.77. The lowest BCUT2D eigenvalue weighted by molar-refractivity contribution is -0.412. The summed E-state index contributed by atoms with van der Waals surface area (Å²) >= 11 is 0. The van der Waals surface area contributed by atoms with Crippen LogP contribution in [-0.4, -0.2) is 17.9 Å². The summed E-state index contributed by atoms with van der Waals surface area (Å²) in [4.78, 5) is 9.93. The van der Waals surface area contributed by atoms with Crippen molar-refractivity contribution in [3.8, 4) is 0 Å². The van der Waals surface area contributed by atoms with E-state index in [0.717, 1.165) is 0 Å². The molecule has 0 spiro atoms. The van der Waals surface area contributed by atoms with Crippen LogP contribution in [0.4, 0.5) is 0 Å². The number of nitrogens with zero attached hydrogens (tertiary/aromatic N) is 1. The fraction of sp³-hybridized carbons (Fsp3) is 0.167. The van der Waals surface area contributed by atoms with E-state index in [4.69, 9.17) is 4.74 Å². The monoisotopic (exact) mass is 173 g/mol.